The van der Waals surface area contributed by atoms with Crippen molar-refractivity contribution in [3.05, 3.63) is 53.2 Å². The molecule has 0 bridgehead atoms. The highest BCUT2D eigenvalue weighted by atomic mass is 32.1. The average molecular weight is 443 g/mol. The number of hydrogen-bond acceptors (Lipinski definition) is 8. The number of likely N-dealkylation sites (N-methyl/N-ethyl adjacent to an activating group) is 1. The first-order valence-corrected chi connectivity index (χ1v) is 11.2. The molecular formula is C22H26N4O4S. The quantitative estimate of drug-likeness (QED) is 0.496. The normalized spacial score (nSPS) is 16.5. The van der Waals surface area contributed by atoms with E-state index in [-0.39, 0.29) is 12.1 Å². The molecule has 0 aliphatic carbocycles. The summed E-state index contributed by atoms with van der Waals surface area (Å²) in [6, 6.07) is 9.99. The summed E-state index contributed by atoms with van der Waals surface area (Å²) >= 11 is 1.49. The number of aromatic nitrogens is 3. The van der Waals surface area contributed by atoms with Crippen molar-refractivity contribution in [2.75, 3.05) is 40.0 Å². The zero-order valence-corrected chi connectivity index (χ0v) is 18.5. The van der Waals surface area contributed by atoms with Crippen molar-refractivity contribution in [1.29, 1.82) is 0 Å². The number of nitrogens with zero attached hydrogens (tertiary/aromatic N) is 4. The minimum atomic E-state index is -0.380. The van der Waals surface area contributed by atoms with Gasteiger partial charge in [0, 0.05) is 24.0 Å². The molecule has 0 unspecified atom stereocenters. The number of hydrogen-bond donors (Lipinski definition) is 0. The lowest BCUT2D eigenvalue weighted by molar-refractivity contribution is -0.0963. The molecule has 1 fully saturated rings. The molecule has 31 heavy (non-hydrogen) atoms. The van der Waals surface area contributed by atoms with E-state index in [1.807, 2.05) is 42.8 Å². The van der Waals surface area contributed by atoms with Crippen LogP contribution in [0.3, 0.4) is 0 Å². The molecule has 164 valence electrons. The van der Waals surface area contributed by atoms with Crippen molar-refractivity contribution >= 4 is 17.3 Å². The van der Waals surface area contributed by atoms with Crippen LogP contribution in [0.2, 0.25) is 0 Å². The SMILES string of the molecule is CCOC(=O)c1cnn(-c2nc(-c3ccccc3)cs2)c1CN(C)C[C@H]1COCCO1. The van der Waals surface area contributed by atoms with E-state index in [4.69, 9.17) is 19.2 Å². The molecule has 0 spiro atoms. The molecule has 3 aromatic rings. The van der Waals surface area contributed by atoms with Crippen LogP contribution in [0.5, 0.6) is 0 Å². The minimum absolute atomic E-state index is 0.00529. The van der Waals surface area contributed by atoms with Gasteiger partial charge in [-0.3, -0.25) is 4.90 Å². The standard InChI is InChI=1S/C22H26N4O4S/c1-3-29-21(27)18-11-23-26(20(18)13-25(2)12-17-14-28-9-10-30-17)22-24-19(15-31-22)16-7-5-4-6-8-16/h4-8,11,15,17H,3,9-10,12-14H2,1-2H3/t17-/m0/s1. The third-order valence-electron chi connectivity index (χ3n) is 4.93. The third kappa shape index (κ3) is 5.19. The fraction of sp³-hybridized carbons (Fsp3) is 0.409. The van der Waals surface area contributed by atoms with Crippen molar-refractivity contribution in [3.63, 3.8) is 0 Å². The van der Waals surface area contributed by atoms with Crippen molar-refractivity contribution in [1.82, 2.24) is 19.7 Å². The van der Waals surface area contributed by atoms with Gasteiger partial charge in [-0.1, -0.05) is 30.3 Å². The Balaban J connectivity index is 1.60. The van der Waals surface area contributed by atoms with Crippen LogP contribution in [0, 0.1) is 0 Å². The number of esters is 1. The molecule has 1 atom stereocenters. The molecule has 1 aliphatic rings. The van der Waals surface area contributed by atoms with E-state index in [0.29, 0.717) is 50.2 Å². The van der Waals surface area contributed by atoms with E-state index in [9.17, 15) is 4.79 Å². The monoisotopic (exact) mass is 442 g/mol. The molecular weight excluding hydrogens is 416 g/mol. The second-order valence-corrected chi connectivity index (χ2v) is 8.12. The Morgan fingerprint density at radius 2 is 2.16 bits per heavy atom. The molecule has 2 aromatic heterocycles. The van der Waals surface area contributed by atoms with Gasteiger partial charge in [0.1, 0.15) is 5.56 Å². The van der Waals surface area contributed by atoms with Crippen LogP contribution in [0.25, 0.3) is 16.4 Å². The van der Waals surface area contributed by atoms with E-state index < -0.39 is 0 Å². The van der Waals surface area contributed by atoms with Gasteiger partial charge in [-0.05, 0) is 14.0 Å². The van der Waals surface area contributed by atoms with E-state index in [2.05, 4.69) is 10.00 Å². The lowest BCUT2D eigenvalue weighted by Gasteiger charge is -2.27. The van der Waals surface area contributed by atoms with Crippen LogP contribution in [-0.4, -0.2) is 71.8 Å². The molecule has 3 heterocycles. The van der Waals surface area contributed by atoms with Crippen LogP contribution in [-0.2, 0) is 20.8 Å². The first-order chi connectivity index (χ1) is 15.2. The number of thiazole rings is 1. The average Bonchev–Trinajstić information content (AvgIpc) is 3.42. The summed E-state index contributed by atoms with van der Waals surface area (Å²) in [7, 11) is 1.99. The largest absolute Gasteiger partial charge is 0.462 e. The van der Waals surface area contributed by atoms with E-state index in [0.717, 1.165) is 17.0 Å². The van der Waals surface area contributed by atoms with Crippen LogP contribution in [0.15, 0.2) is 41.9 Å². The van der Waals surface area contributed by atoms with Crippen LogP contribution in [0.1, 0.15) is 23.0 Å². The second-order valence-electron chi connectivity index (χ2n) is 7.28. The van der Waals surface area contributed by atoms with Crippen molar-refractivity contribution < 1.29 is 19.0 Å². The second kappa shape index (κ2) is 10.1. The number of carbonyl (C=O) groups is 1. The smallest absolute Gasteiger partial charge is 0.341 e. The van der Waals surface area contributed by atoms with Gasteiger partial charge in [-0.2, -0.15) is 5.10 Å². The summed E-state index contributed by atoms with van der Waals surface area (Å²) < 4.78 is 18.2. The van der Waals surface area contributed by atoms with Gasteiger partial charge in [-0.25, -0.2) is 14.5 Å². The first kappa shape index (κ1) is 21.6. The number of ether oxygens (including phenoxy) is 3. The highest BCUT2D eigenvalue weighted by Crippen LogP contribution is 2.26. The molecule has 0 N–H and O–H groups in total. The van der Waals surface area contributed by atoms with Crippen molar-refractivity contribution in [2.45, 2.75) is 19.6 Å². The third-order valence-corrected chi connectivity index (χ3v) is 5.74. The maximum Gasteiger partial charge on any atom is 0.341 e. The lowest BCUT2D eigenvalue weighted by Crippen LogP contribution is -2.38. The summed E-state index contributed by atoms with van der Waals surface area (Å²) in [6.45, 7) is 5.08. The topological polar surface area (TPSA) is 78.7 Å². The highest BCUT2D eigenvalue weighted by Gasteiger charge is 2.24. The Hall–Kier alpha value is -2.59. The molecule has 0 radical (unpaired) electrons. The van der Waals surface area contributed by atoms with E-state index in [1.54, 1.807) is 17.8 Å². The first-order valence-electron chi connectivity index (χ1n) is 10.3. The maximum absolute atomic E-state index is 12.6. The van der Waals surface area contributed by atoms with Crippen LogP contribution < -0.4 is 0 Å². The van der Waals surface area contributed by atoms with E-state index in [1.165, 1.54) is 11.3 Å². The van der Waals surface area contributed by atoms with Gasteiger partial charge in [0.05, 0.1) is 50.1 Å². The molecule has 0 saturated carbocycles. The zero-order chi connectivity index (χ0) is 21.6. The van der Waals surface area contributed by atoms with E-state index >= 15 is 0 Å². The van der Waals surface area contributed by atoms with Gasteiger partial charge < -0.3 is 14.2 Å². The van der Waals surface area contributed by atoms with Crippen molar-refractivity contribution in [2.24, 2.45) is 0 Å². The lowest BCUT2D eigenvalue weighted by atomic mass is 10.2. The Kier molecular flexibility index (Phi) is 7.08. The molecule has 1 saturated heterocycles. The van der Waals surface area contributed by atoms with Gasteiger partial charge >= 0.3 is 5.97 Å². The van der Waals surface area contributed by atoms with Gasteiger partial charge in [-0.15, -0.1) is 11.3 Å². The number of rotatable bonds is 8. The Morgan fingerprint density at radius 3 is 2.90 bits per heavy atom. The Bertz CT molecular complexity index is 998. The minimum Gasteiger partial charge on any atom is -0.462 e. The Labute approximate surface area is 185 Å². The van der Waals surface area contributed by atoms with Gasteiger partial charge in [0.2, 0.25) is 5.13 Å². The summed E-state index contributed by atoms with van der Waals surface area (Å²) in [5.74, 6) is -0.380. The van der Waals surface area contributed by atoms with Crippen LogP contribution >= 0.6 is 11.3 Å². The zero-order valence-electron chi connectivity index (χ0n) is 17.7. The molecule has 1 aliphatic heterocycles. The van der Waals surface area contributed by atoms with Gasteiger partial charge in [0.25, 0.3) is 0 Å². The fourth-order valence-corrected chi connectivity index (χ4v) is 4.30. The molecule has 1 aromatic carbocycles. The Morgan fingerprint density at radius 1 is 1.32 bits per heavy atom. The fourth-order valence-electron chi connectivity index (χ4n) is 3.48. The molecule has 4 rings (SSSR count). The summed E-state index contributed by atoms with van der Waals surface area (Å²) in [5.41, 5.74) is 3.11. The van der Waals surface area contributed by atoms with Crippen molar-refractivity contribution in [3.8, 4) is 16.4 Å². The highest BCUT2D eigenvalue weighted by molar-refractivity contribution is 7.12. The summed E-state index contributed by atoms with van der Waals surface area (Å²) in [6.07, 6.45) is 1.57. The maximum atomic E-state index is 12.6. The summed E-state index contributed by atoms with van der Waals surface area (Å²) in [5, 5.41) is 7.18. The van der Waals surface area contributed by atoms with Gasteiger partial charge in [0.15, 0.2) is 0 Å². The molecule has 8 nitrogen and oxygen atoms in total. The number of carbonyl (C=O) groups excluding carboxylic acids is 1. The van der Waals surface area contributed by atoms with Crippen LogP contribution in [0.4, 0.5) is 0 Å². The number of benzene rings is 1. The predicted molar refractivity (Wildman–Crippen MR) is 118 cm³/mol. The molecule has 0 amide bonds. The predicted octanol–water partition coefficient (Wildman–Crippen LogP) is 3.02. The summed E-state index contributed by atoms with van der Waals surface area (Å²) in [4.78, 5) is 19.4. The molecule has 9 heteroatoms.